The van der Waals surface area contributed by atoms with Gasteiger partial charge in [-0.1, -0.05) is 38.1 Å². The molecule has 3 rings (SSSR count). The van der Waals surface area contributed by atoms with E-state index < -0.39 is 0 Å². The lowest BCUT2D eigenvalue weighted by Gasteiger charge is -2.37. The highest BCUT2D eigenvalue weighted by Crippen LogP contribution is 2.41. The molecule has 1 saturated heterocycles. The van der Waals surface area contributed by atoms with Crippen molar-refractivity contribution < 1.29 is 4.74 Å². The van der Waals surface area contributed by atoms with Crippen LogP contribution in [0.25, 0.3) is 0 Å². The van der Waals surface area contributed by atoms with Crippen LogP contribution < -0.4 is 5.32 Å². The summed E-state index contributed by atoms with van der Waals surface area (Å²) in [4.78, 5) is 0. The van der Waals surface area contributed by atoms with Gasteiger partial charge in [0.1, 0.15) is 0 Å². The van der Waals surface area contributed by atoms with E-state index in [0.717, 1.165) is 25.7 Å². The molecule has 20 heavy (non-hydrogen) atoms. The second-order valence-electron chi connectivity index (χ2n) is 7.03. The number of hydrogen-bond acceptors (Lipinski definition) is 2. The minimum absolute atomic E-state index is 0.327. The summed E-state index contributed by atoms with van der Waals surface area (Å²) in [5, 5.41) is 3.79. The maximum atomic E-state index is 5.46. The average molecular weight is 273 g/mol. The summed E-state index contributed by atoms with van der Waals surface area (Å²) in [6.45, 7) is 7.80. The number of fused-ring (bicyclic) bond motifs is 1. The fourth-order valence-electron chi connectivity index (χ4n) is 3.70. The van der Waals surface area contributed by atoms with Crippen LogP contribution in [0.4, 0.5) is 0 Å². The molecule has 2 aliphatic rings. The van der Waals surface area contributed by atoms with Crippen LogP contribution in [-0.4, -0.2) is 19.8 Å². The van der Waals surface area contributed by atoms with Gasteiger partial charge in [0, 0.05) is 19.3 Å². The standard InChI is InChI=1S/C18H27NO/c1-18(2)10-7-17(15-5-3-4-6-16(15)18)19-11-8-14-9-12-20-13-14/h3-6,14,17,19H,7-13H2,1-2H3. The van der Waals surface area contributed by atoms with Gasteiger partial charge in [0.25, 0.3) is 0 Å². The predicted molar refractivity (Wildman–Crippen MR) is 83.0 cm³/mol. The van der Waals surface area contributed by atoms with Gasteiger partial charge in [-0.15, -0.1) is 0 Å². The third-order valence-electron chi connectivity index (χ3n) is 5.09. The minimum atomic E-state index is 0.327. The van der Waals surface area contributed by atoms with Gasteiger partial charge in [0.15, 0.2) is 0 Å². The summed E-state index contributed by atoms with van der Waals surface area (Å²) in [6, 6.07) is 9.53. The second-order valence-corrected chi connectivity index (χ2v) is 7.03. The molecule has 110 valence electrons. The lowest BCUT2D eigenvalue weighted by atomic mass is 9.71. The van der Waals surface area contributed by atoms with Crippen LogP contribution in [0.15, 0.2) is 24.3 Å². The molecule has 2 nitrogen and oxygen atoms in total. The monoisotopic (exact) mass is 273 g/mol. The quantitative estimate of drug-likeness (QED) is 0.900. The molecule has 0 amide bonds. The largest absolute Gasteiger partial charge is 0.381 e. The van der Waals surface area contributed by atoms with Crippen LogP contribution in [-0.2, 0) is 10.2 Å². The Kier molecular flexibility index (Phi) is 4.13. The Bertz CT molecular complexity index is 448. The first-order chi connectivity index (χ1) is 9.67. The van der Waals surface area contributed by atoms with Crippen molar-refractivity contribution in [2.24, 2.45) is 5.92 Å². The van der Waals surface area contributed by atoms with E-state index >= 15 is 0 Å². The molecule has 1 aromatic carbocycles. The van der Waals surface area contributed by atoms with Crippen molar-refractivity contribution in [2.75, 3.05) is 19.8 Å². The van der Waals surface area contributed by atoms with Gasteiger partial charge in [0.2, 0.25) is 0 Å². The SMILES string of the molecule is CC1(C)CCC(NCCC2CCOC2)c2ccccc21. The molecule has 2 heteroatoms. The molecule has 0 saturated carbocycles. The van der Waals surface area contributed by atoms with Crippen LogP contribution in [0.1, 0.15) is 56.7 Å². The molecule has 1 aromatic rings. The normalized spacial score (nSPS) is 28.3. The fraction of sp³-hybridized carbons (Fsp3) is 0.667. The summed E-state index contributed by atoms with van der Waals surface area (Å²) in [5.74, 6) is 0.776. The molecule has 0 bridgehead atoms. The fourth-order valence-corrected chi connectivity index (χ4v) is 3.70. The van der Waals surface area contributed by atoms with Crippen molar-refractivity contribution in [1.82, 2.24) is 5.32 Å². The summed E-state index contributed by atoms with van der Waals surface area (Å²) < 4.78 is 5.46. The van der Waals surface area contributed by atoms with E-state index in [4.69, 9.17) is 4.74 Å². The molecule has 1 N–H and O–H groups in total. The van der Waals surface area contributed by atoms with Crippen molar-refractivity contribution in [1.29, 1.82) is 0 Å². The van der Waals surface area contributed by atoms with Gasteiger partial charge in [0.05, 0.1) is 0 Å². The Morgan fingerprint density at radius 3 is 2.90 bits per heavy atom. The number of nitrogens with one attached hydrogen (secondary N) is 1. The van der Waals surface area contributed by atoms with E-state index in [2.05, 4.69) is 43.4 Å². The van der Waals surface area contributed by atoms with E-state index in [1.54, 1.807) is 0 Å². The van der Waals surface area contributed by atoms with Gasteiger partial charge in [-0.2, -0.15) is 0 Å². The molecule has 1 heterocycles. The summed E-state index contributed by atoms with van der Waals surface area (Å²) in [5.41, 5.74) is 3.38. The average Bonchev–Trinajstić information content (AvgIpc) is 2.95. The molecule has 1 aliphatic carbocycles. The van der Waals surface area contributed by atoms with Gasteiger partial charge < -0.3 is 10.1 Å². The Morgan fingerprint density at radius 1 is 1.25 bits per heavy atom. The highest BCUT2D eigenvalue weighted by atomic mass is 16.5. The number of benzene rings is 1. The maximum absolute atomic E-state index is 5.46. The zero-order valence-electron chi connectivity index (χ0n) is 12.8. The maximum Gasteiger partial charge on any atom is 0.0495 e. The van der Waals surface area contributed by atoms with E-state index in [9.17, 15) is 0 Å². The minimum Gasteiger partial charge on any atom is -0.381 e. The Labute approximate surface area is 122 Å². The Morgan fingerprint density at radius 2 is 2.10 bits per heavy atom. The van der Waals surface area contributed by atoms with Gasteiger partial charge in [-0.05, 0) is 54.7 Å². The predicted octanol–water partition coefficient (Wildman–Crippen LogP) is 3.82. The van der Waals surface area contributed by atoms with E-state index in [1.807, 2.05) is 0 Å². The van der Waals surface area contributed by atoms with Crippen molar-refractivity contribution in [3.05, 3.63) is 35.4 Å². The summed E-state index contributed by atoms with van der Waals surface area (Å²) in [7, 11) is 0. The second kappa shape index (κ2) is 5.87. The van der Waals surface area contributed by atoms with Gasteiger partial charge >= 0.3 is 0 Å². The van der Waals surface area contributed by atoms with Crippen LogP contribution in [0.2, 0.25) is 0 Å². The topological polar surface area (TPSA) is 21.3 Å². The molecule has 0 spiro atoms. The number of rotatable bonds is 4. The van der Waals surface area contributed by atoms with E-state index in [-0.39, 0.29) is 0 Å². The van der Waals surface area contributed by atoms with Crippen LogP contribution in [0, 0.1) is 5.92 Å². The Balaban J connectivity index is 1.62. The molecular weight excluding hydrogens is 246 g/mol. The molecule has 1 aliphatic heterocycles. The van der Waals surface area contributed by atoms with E-state index in [0.29, 0.717) is 11.5 Å². The van der Waals surface area contributed by atoms with Crippen molar-refractivity contribution in [3.8, 4) is 0 Å². The molecular formula is C18H27NO. The van der Waals surface area contributed by atoms with Crippen molar-refractivity contribution in [2.45, 2.75) is 51.0 Å². The third-order valence-corrected chi connectivity index (χ3v) is 5.09. The first-order valence-electron chi connectivity index (χ1n) is 8.07. The highest BCUT2D eigenvalue weighted by Gasteiger charge is 2.31. The molecule has 0 aromatic heterocycles. The van der Waals surface area contributed by atoms with Crippen LogP contribution in [0.3, 0.4) is 0 Å². The Hall–Kier alpha value is -0.860. The molecule has 0 radical (unpaired) electrons. The van der Waals surface area contributed by atoms with Crippen LogP contribution >= 0.6 is 0 Å². The smallest absolute Gasteiger partial charge is 0.0495 e. The third kappa shape index (κ3) is 2.91. The lowest BCUT2D eigenvalue weighted by molar-refractivity contribution is 0.183. The highest BCUT2D eigenvalue weighted by molar-refractivity contribution is 5.38. The molecule has 2 atom stereocenters. The number of ether oxygens (including phenoxy) is 1. The van der Waals surface area contributed by atoms with Crippen molar-refractivity contribution >= 4 is 0 Å². The zero-order chi connectivity index (χ0) is 14.0. The lowest BCUT2D eigenvalue weighted by Crippen LogP contribution is -2.33. The first kappa shape index (κ1) is 14.1. The first-order valence-corrected chi connectivity index (χ1v) is 8.07. The molecule has 1 fully saturated rings. The zero-order valence-corrected chi connectivity index (χ0v) is 12.8. The van der Waals surface area contributed by atoms with Gasteiger partial charge in [-0.25, -0.2) is 0 Å². The number of hydrogen-bond donors (Lipinski definition) is 1. The molecule has 2 unspecified atom stereocenters. The van der Waals surface area contributed by atoms with Gasteiger partial charge in [-0.3, -0.25) is 0 Å². The summed E-state index contributed by atoms with van der Waals surface area (Å²) in [6.07, 6.45) is 5.03. The van der Waals surface area contributed by atoms with Crippen LogP contribution in [0.5, 0.6) is 0 Å². The van der Waals surface area contributed by atoms with Crippen molar-refractivity contribution in [3.63, 3.8) is 0 Å². The summed E-state index contributed by atoms with van der Waals surface area (Å²) >= 11 is 0. The van der Waals surface area contributed by atoms with E-state index in [1.165, 1.54) is 36.8 Å².